The van der Waals surface area contributed by atoms with Crippen LogP contribution in [0.3, 0.4) is 0 Å². The van der Waals surface area contributed by atoms with Crippen LogP contribution in [0.1, 0.15) is 23.2 Å². The van der Waals surface area contributed by atoms with E-state index in [-0.39, 0.29) is 12.4 Å². The van der Waals surface area contributed by atoms with Crippen molar-refractivity contribution in [2.45, 2.75) is 30.9 Å². The van der Waals surface area contributed by atoms with Gasteiger partial charge in [0.1, 0.15) is 5.01 Å². The highest BCUT2D eigenvalue weighted by molar-refractivity contribution is 7.98. The quantitative estimate of drug-likeness (QED) is 0.600. The lowest BCUT2D eigenvalue weighted by Crippen LogP contribution is -2.07. The zero-order valence-corrected chi connectivity index (χ0v) is 13.2. The molecule has 0 N–H and O–H groups in total. The van der Waals surface area contributed by atoms with Gasteiger partial charge in [-0.05, 0) is 26.0 Å². The van der Waals surface area contributed by atoms with E-state index >= 15 is 0 Å². The number of ether oxygens (including phenoxy) is 1. The van der Waals surface area contributed by atoms with E-state index in [0.29, 0.717) is 6.61 Å². The van der Waals surface area contributed by atoms with Crippen LogP contribution in [0.25, 0.3) is 0 Å². The number of nitrogens with zero attached hydrogens (tertiary/aromatic N) is 1. The molecular formula is C15H17NO2S2. The highest BCUT2D eigenvalue weighted by Crippen LogP contribution is 2.25. The molecule has 0 aliphatic rings. The maximum absolute atomic E-state index is 11.4. The third-order valence-electron chi connectivity index (χ3n) is 2.58. The van der Waals surface area contributed by atoms with Gasteiger partial charge in [0.15, 0.2) is 0 Å². The molecule has 2 rings (SSSR count). The largest absolute Gasteiger partial charge is 0.466 e. The first kappa shape index (κ1) is 15.1. The Balaban J connectivity index is 1.88. The molecule has 0 aliphatic carbocycles. The zero-order chi connectivity index (χ0) is 14.4. The van der Waals surface area contributed by atoms with Crippen LogP contribution in [0.4, 0.5) is 0 Å². The summed E-state index contributed by atoms with van der Waals surface area (Å²) in [5.74, 6) is 0.618. The molecule has 20 heavy (non-hydrogen) atoms. The van der Waals surface area contributed by atoms with Crippen LogP contribution in [-0.2, 0) is 21.7 Å². The van der Waals surface area contributed by atoms with Gasteiger partial charge in [0.05, 0.1) is 24.5 Å². The molecule has 5 heteroatoms. The van der Waals surface area contributed by atoms with Crippen molar-refractivity contribution in [2.24, 2.45) is 0 Å². The SMILES string of the molecule is CCOC(=O)Cc1csc(CSc2cccc(C)c2)n1. The minimum Gasteiger partial charge on any atom is -0.466 e. The number of carbonyl (C=O) groups excluding carboxylic acids is 1. The average molecular weight is 307 g/mol. The molecule has 0 atom stereocenters. The number of hydrogen-bond donors (Lipinski definition) is 0. The van der Waals surface area contributed by atoms with Crippen molar-refractivity contribution in [1.82, 2.24) is 4.98 Å². The molecule has 1 heterocycles. The third-order valence-corrected chi connectivity index (χ3v) is 4.67. The lowest BCUT2D eigenvalue weighted by atomic mass is 10.2. The topological polar surface area (TPSA) is 39.2 Å². The van der Waals surface area contributed by atoms with Crippen LogP contribution >= 0.6 is 23.1 Å². The van der Waals surface area contributed by atoms with Gasteiger partial charge in [0.25, 0.3) is 0 Å². The van der Waals surface area contributed by atoms with Gasteiger partial charge in [-0.1, -0.05) is 17.7 Å². The Hall–Kier alpha value is -1.33. The Morgan fingerprint density at radius 3 is 3.05 bits per heavy atom. The van der Waals surface area contributed by atoms with Crippen LogP contribution in [0.2, 0.25) is 0 Å². The van der Waals surface area contributed by atoms with Gasteiger partial charge in [-0.3, -0.25) is 4.79 Å². The fourth-order valence-electron chi connectivity index (χ4n) is 1.71. The average Bonchev–Trinajstić information content (AvgIpc) is 2.84. The number of carbonyl (C=O) groups is 1. The molecule has 1 aromatic heterocycles. The molecule has 0 amide bonds. The van der Waals surface area contributed by atoms with Gasteiger partial charge >= 0.3 is 5.97 Å². The molecule has 0 saturated carbocycles. The summed E-state index contributed by atoms with van der Waals surface area (Å²) in [6, 6.07) is 8.42. The number of thiazole rings is 1. The molecule has 0 aliphatic heterocycles. The molecule has 0 fully saturated rings. The molecule has 0 radical (unpaired) electrons. The number of esters is 1. The first-order chi connectivity index (χ1) is 9.67. The van der Waals surface area contributed by atoms with Crippen molar-refractivity contribution in [3.05, 3.63) is 45.9 Å². The van der Waals surface area contributed by atoms with Crippen LogP contribution < -0.4 is 0 Å². The van der Waals surface area contributed by atoms with E-state index in [1.807, 2.05) is 12.3 Å². The summed E-state index contributed by atoms with van der Waals surface area (Å²) < 4.78 is 4.92. The summed E-state index contributed by atoms with van der Waals surface area (Å²) in [6.45, 7) is 4.31. The van der Waals surface area contributed by atoms with Gasteiger partial charge in [0, 0.05) is 10.3 Å². The van der Waals surface area contributed by atoms with Crippen LogP contribution in [-0.4, -0.2) is 17.6 Å². The summed E-state index contributed by atoms with van der Waals surface area (Å²) in [6.07, 6.45) is 0.263. The van der Waals surface area contributed by atoms with Crippen molar-refractivity contribution in [1.29, 1.82) is 0 Å². The van der Waals surface area contributed by atoms with E-state index in [1.54, 1.807) is 23.1 Å². The van der Waals surface area contributed by atoms with E-state index in [1.165, 1.54) is 10.5 Å². The van der Waals surface area contributed by atoms with Gasteiger partial charge in [-0.2, -0.15) is 0 Å². The van der Waals surface area contributed by atoms with Crippen molar-refractivity contribution >= 4 is 29.1 Å². The third kappa shape index (κ3) is 4.65. The molecular weight excluding hydrogens is 290 g/mol. The van der Waals surface area contributed by atoms with Crippen molar-refractivity contribution < 1.29 is 9.53 Å². The second-order valence-corrected chi connectivity index (χ2v) is 6.31. The number of hydrogen-bond acceptors (Lipinski definition) is 5. The Morgan fingerprint density at radius 1 is 1.45 bits per heavy atom. The van der Waals surface area contributed by atoms with E-state index in [0.717, 1.165) is 16.5 Å². The molecule has 0 unspecified atom stereocenters. The van der Waals surface area contributed by atoms with E-state index in [2.05, 4.69) is 36.2 Å². The maximum Gasteiger partial charge on any atom is 0.311 e. The Labute approximate surface area is 127 Å². The predicted molar refractivity (Wildman–Crippen MR) is 83.2 cm³/mol. The van der Waals surface area contributed by atoms with Crippen LogP contribution in [0.5, 0.6) is 0 Å². The van der Waals surface area contributed by atoms with Gasteiger partial charge in [-0.15, -0.1) is 23.1 Å². The Bertz CT molecular complexity index is 581. The lowest BCUT2D eigenvalue weighted by molar-refractivity contribution is -0.142. The summed E-state index contributed by atoms with van der Waals surface area (Å²) >= 11 is 3.36. The molecule has 106 valence electrons. The molecule has 1 aromatic carbocycles. The predicted octanol–water partition coefficient (Wildman–Crippen LogP) is 3.85. The van der Waals surface area contributed by atoms with Crippen molar-refractivity contribution in [3.63, 3.8) is 0 Å². The smallest absolute Gasteiger partial charge is 0.311 e. The minimum atomic E-state index is -0.212. The number of benzene rings is 1. The summed E-state index contributed by atoms with van der Waals surface area (Å²) in [4.78, 5) is 17.1. The molecule has 0 bridgehead atoms. The number of aryl methyl sites for hydroxylation is 1. The zero-order valence-electron chi connectivity index (χ0n) is 11.6. The van der Waals surface area contributed by atoms with E-state index < -0.39 is 0 Å². The lowest BCUT2D eigenvalue weighted by Gasteiger charge is -2.00. The van der Waals surface area contributed by atoms with Crippen molar-refractivity contribution in [2.75, 3.05) is 6.61 Å². The van der Waals surface area contributed by atoms with E-state index in [4.69, 9.17) is 4.74 Å². The van der Waals surface area contributed by atoms with Crippen molar-refractivity contribution in [3.8, 4) is 0 Å². The summed E-state index contributed by atoms with van der Waals surface area (Å²) in [7, 11) is 0. The second-order valence-electron chi connectivity index (χ2n) is 4.32. The minimum absolute atomic E-state index is 0.212. The first-order valence-corrected chi connectivity index (χ1v) is 8.32. The highest BCUT2D eigenvalue weighted by Gasteiger charge is 2.08. The van der Waals surface area contributed by atoms with Crippen LogP contribution in [0, 0.1) is 6.92 Å². The summed E-state index contributed by atoms with van der Waals surface area (Å²) in [5.41, 5.74) is 2.06. The molecule has 0 saturated heterocycles. The molecule has 2 aromatic rings. The normalized spacial score (nSPS) is 10.5. The van der Waals surface area contributed by atoms with Gasteiger partial charge in [-0.25, -0.2) is 4.98 Å². The Kier molecular flexibility index (Phi) is 5.61. The second kappa shape index (κ2) is 7.45. The summed E-state index contributed by atoms with van der Waals surface area (Å²) in [5, 5.41) is 2.97. The fourth-order valence-corrected chi connectivity index (χ4v) is 3.53. The highest BCUT2D eigenvalue weighted by atomic mass is 32.2. The number of thioether (sulfide) groups is 1. The number of aromatic nitrogens is 1. The maximum atomic E-state index is 11.4. The fraction of sp³-hybridized carbons (Fsp3) is 0.333. The molecule has 3 nitrogen and oxygen atoms in total. The van der Waals surface area contributed by atoms with E-state index in [9.17, 15) is 4.79 Å². The van der Waals surface area contributed by atoms with Crippen LogP contribution in [0.15, 0.2) is 34.5 Å². The molecule has 0 spiro atoms. The van der Waals surface area contributed by atoms with Gasteiger partial charge < -0.3 is 4.74 Å². The number of rotatable bonds is 6. The Morgan fingerprint density at radius 2 is 2.30 bits per heavy atom. The standard InChI is InChI=1S/C15H17NO2S2/c1-3-18-15(17)8-12-9-20-14(16-12)10-19-13-6-4-5-11(2)7-13/h4-7,9H,3,8,10H2,1-2H3. The first-order valence-electron chi connectivity index (χ1n) is 6.45. The van der Waals surface area contributed by atoms with Gasteiger partial charge in [0.2, 0.25) is 0 Å². The monoisotopic (exact) mass is 307 g/mol.